The Balaban J connectivity index is 1.42. The molecule has 0 spiro atoms. The number of Topliss-reactive ketones (excluding diaryl/α,β-unsaturated/α-hetero) is 2. The molecule has 0 radical (unpaired) electrons. The number of anilines is 1. The van der Waals surface area contributed by atoms with Gasteiger partial charge in [-0.05, 0) is 93.4 Å². The number of hydrogen-bond acceptors (Lipinski definition) is 5. The normalized spacial score (nSPS) is 17.8. The molecule has 37 heavy (non-hydrogen) atoms. The number of ketones is 2. The molecular weight excluding hydrogens is 602 g/mol. The number of amides is 1. The minimum Gasteiger partial charge on any atom is -0.481 e. The molecule has 2 aliphatic carbocycles. The van der Waals surface area contributed by atoms with Crippen LogP contribution in [0.4, 0.5) is 5.69 Å². The highest BCUT2D eigenvalue weighted by molar-refractivity contribution is 9.11. The highest BCUT2D eigenvalue weighted by atomic mass is 79.9. The van der Waals surface area contributed by atoms with Crippen molar-refractivity contribution in [1.29, 1.82) is 0 Å². The molecule has 0 atom stereocenters. The minimum atomic E-state index is -0.464. The number of halogens is 2. The van der Waals surface area contributed by atoms with Crippen molar-refractivity contribution in [2.24, 2.45) is 0 Å². The Hall–Kier alpha value is -2.71. The Kier molecular flexibility index (Phi) is 7.41. The first-order valence-corrected chi connectivity index (χ1v) is 14.0. The van der Waals surface area contributed by atoms with Crippen molar-refractivity contribution in [2.45, 2.75) is 58.3 Å². The van der Waals surface area contributed by atoms with Crippen LogP contribution in [0.25, 0.3) is 0 Å². The average Bonchev–Trinajstić information content (AvgIpc) is 2.85. The summed E-state index contributed by atoms with van der Waals surface area (Å²) in [6, 6.07) is 9.63. The molecular formula is C29H27Br2NO5. The number of carbonyl (C=O) groups is 3. The Morgan fingerprint density at radius 3 is 2.14 bits per heavy atom. The lowest BCUT2D eigenvalue weighted by molar-refractivity contribution is -0.119. The molecule has 2 aromatic rings. The maximum Gasteiger partial charge on any atom is 0.262 e. The Morgan fingerprint density at radius 1 is 0.946 bits per heavy atom. The summed E-state index contributed by atoms with van der Waals surface area (Å²) in [5.74, 6) is 1.20. The minimum absolute atomic E-state index is 0.0341. The van der Waals surface area contributed by atoms with Crippen LogP contribution in [0.3, 0.4) is 0 Å². The fourth-order valence-electron chi connectivity index (χ4n) is 5.23. The molecule has 0 aromatic heterocycles. The van der Waals surface area contributed by atoms with Crippen LogP contribution in [0, 0.1) is 13.8 Å². The second-order valence-corrected chi connectivity index (χ2v) is 11.4. The molecule has 8 heteroatoms. The van der Waals surface area contributed by atoms with Crippen molar-refractivity contribution >= 4 is 55.0 Å². The van der Waals surface area contributed by atoms with Crippen molar-refractivity contribution in [3.8, 4) is 5.75 Å². The Labute approximate surface area is 232 Å². The zero-order valence-electron chi connectivity index (χ0n) is 20.7. The van der Waals surface area contributed by atoms with Crippen LogP contribution in [-0.4, -0.2) is 24.1 Å². The van der Waals surface area contributed by atoms with Gasteiger partial charge >= 0.3 is 0 Å². The van der Waals surface area contributed by atoms with Gasteiger partial charge < -0.3 is 14.8 Å². The third-order valence-corrected chi connectivity index (χ3v) is 8.19. The summed E-state index contributed by atoms with van der Waals surface area (Å²) in [7, 11) is 0. The van der Waals surface area contributed by atoms with E-state index < -0.39 is 5.92 Å². The zero-order valence-corrected chi connectivity index (χ0v) is 23.9. The first-order chi connectivity index (χ1) is 17.7. The van der Waals surface area contributed by atoms with E-state index in [-0.39, 0.29) is 24.1 Å². The van der Waals surface area contributed by atoms with Gasteiger partial charge in [-0.1, -0.05) is 12.1 Å². The van der Waals surface area contributed by atoms with E-state index in [9.17, 15) is 14.4 Å². The van der Waals surface area contributed by atoms with E-state index in [1.165, 1.54) is 0 Å². The summed E-state index contributed by atoms with van der Waals surface area (Å²) in [6.07, 6.45) is 3.81. The molecule has 2 aromatic carbocycles. The van der Waals surface area contributed by atoms with Gasteiger partial charge in [0.1, 0.15) is 17.3 Å². The van der Waals surface area contributed by atoms with Crippen molar-refractivity contribution in [1.82, 2.24) is 0 Å². The number of ether oxygens (including phenoxy) is 2. The van der Waals surface area contributed by atoms with Crippen molar-refractivity contribution in [2.75, 3.05) is 11.9 Å². The smallest absolute Gasteiger partial charge is 0.262 e. The van der Waals surface area contributed by atoms with Crippen LogP contribution in [0.1, 0.15) is 61.1 Å². The number of carbonyl (C=O) groups excluding carboxylic acids is 3. The van der Waals surface area contributed by atoms with Gasteiger partial charge in [0.25, 0.3) is 5.91 Å². The van der Waals surface area contributed by atoms with Crippen molar-refractivity contribution in [3.05, 3.63) is 78.6 Å². The van der Waals surface area contributed by atoms with E-state index in [0.717, 1.165) is 35.2 Å². The Morgan fingerprint density at radius 2 is 1.54 bits per heavy atom. The molecule has 0 bridgehead atoms. The number of allylic oxidation sites excluding steroid dienone is 4. The van der Waals surface area contributed by atoms with Gasteiger partial charge in [0.15, 0.2) is 18.2 Å². The summed E-state index contributed by atoms with van der Waals surface area (Å²) in [5.41, 5.74) is 4.78. The molecule has 192 valence electrons. The second kappa shape index (κ2) is 10.6. The molecule has 0 unspecified atom stereocenters. The van der Waals surface area contributed by atoms with Gasteiger partial charge in [-0.25, -0.2) is 0 Å². The highest BCUT2D eigenvalue weighted by Gasteiger charge is 2.42. The van der Waals surface area contributed by atoms with Crippen LogP contribution in [0.2, 0.25) is 0 Å². The first-order valence-electron chi connectivity index (χ1n) is 12.4. The topological polar surface area (TPSA) is 81.7 Å². The lowest BCUT2D eigenvalue weighted by atomic mass is 9.73. The number of benzene rings is 2. The fourth-order valence-corrected chi connectivity index (χ4v) is 6.68. The maximum atomic E-state index is 13.0. The zero-order chi connectivity index (χ0) is 26.3. The molecule has 1 amide bonds. The first kappa shape index (κ1) is 25.9. The van der Waals surface area contributed by atoms with E-state index in [4.69, 9.17) is 9.47 Å². The predicted octanol–water partition coefficient (Wildman–Crippen LogP) is 6.97. The standard InChI is InChI=1S/C29H27Br2NO5/c1-15-9-10-16(2)20(11-15)32-25(35)14-36-29-18(30)12-17(13-19(29)31)26-27-21(33)5-3-7-23(27)37-24-8-4-6-22(34)28(24)26/h9-13,26H,3-8,14H2,1-2H3,(H,32,35). The predicted molar refractivity (Wildman–Crippen MR) is 147 cm³/mol. The second-order valence-electron chi connectivity index (χ2n) is 9.73. The van der Waals surface area contributed by atoms with Crippen molar-refractivity contribution < 1.29 is 23.9 Å². The number of aryl methyl sites for hydroxylation is 2. The van der Waals surface area contributed by atoms with Gasteiger partial charge in [-0.2, -0.15) is 0 Å². The Bertz CT molecular complexity index is 1330. The summed E-state index contributed by atoms with van der Waals surface area (Å²) in [5, 5.41) is 2.90. The van der Waals surface area contributed by atoms with Crippen LogP contribution < -0.4 is 10.1 Å². The van der Waals surface area contributed by atoms with Crippen molar-refractivity contribution in [3.63, 3.8) is 0 Å². The van der Waals surface area contributed by atoms with E-state index in [0.29, 0.717) is 63.0 Å². The molecule has 0 fully saturated rings. The van der Waals surface area contributed by atoms with Crippen LogP contribution in [-0.2, 0) is 19.1 Å². The van der Waals surface area contributed by atoms with Gasteiger partial charge in [-0.3, -0.25) is 14.4 Å². The summed E-state index contributed by atoms with van der Waals surface area (Å²) in [4.78, 5) is 38.7. The van der Waals surface area contributed by atoms with E-state index in [2.05, 4.69) is 37.2 Å². The quantitative estimate of drug-likeness (QED) is 0.387. The summed E-state index contributed by atoms with van der Waals surface area (Å²) in [6.45, 7) is 3.73. The van der Waals surface area contributed by atoms with Crippen LogP contribution >= 0.6 is 31.9 Å². The fraction of sp³-hybridized carbons (Fsp3) is 0.345. The number of rotatable bonds is 5. The molecule has 0 saturated carbocycles. The van der Waals surface area contributed by atoms with E-state index in [1.807, 2.05) is 44.2 Å². The SMILES string of the molecule is Cc1ccc(C)c(NC(=O)COc2c(Br)cc(C3C4=C(CCCC4=O)OC4=C3C(=O)CCC4)cc2Br)c1. The highest BCUT2D eigenvalue weighted by Crippen LogP contribution is 2.49. The lowest BCUT2D eigenvalue weighted by Gasteiger charge is -2.36. The third kappa shape index (κ3) is 5.18. The number of nitrogens with one attached hydrogen (secondary N) is 1. The lowest BCUT2D eigenvalue weighted by Crippen LogP contribution is -2.30. The molecule has 3 aliphatic rings. The maximum absolute atomic E-state index is 13.0. The third-order valence-electron chi connectivity index (χ3n) is 7.01. The summed E-state index contributed by atoms with van der Waals surface area (Å²) < 4.78 is 13.3. The largest absolute Gasteiger partial charge is 0.481 e. The molecule has 1 heterocycles. The van der Waals surface area contributed by atoms with E-state index in [1.54, 1.807) is 0 Å². The van der Waals surface area contributed by atoms with Crippen LogP contribution in [0.5, 0.6) is 5.75 Å². The number of hydrogen-bond donors (Lipinski definition) is 1. The molecule has 5 rings (SSSR count). The molecule has 1 N–H and O–H groups in total. The van der Waals surface area contributed by atoms with Gasteiger partial charge in [0.2, 0.25) is 0 Å². The van der Waals surface area contributed by atoms with Crippen LogP contribution in [0.15, 0.2) is 61.9 Å². The molecule has 0 saturated heterocycles. The molecule has 6 nitrogen and oxygen atoms in total. The monoisotopic (exact) mass is 627 g/mol. The molecule has 1 aliphatic heterocycles. The van der Waals surface area contributed by atoms with Gasteiger partial charge in [0, 0.05) is 48.4 Å². The van der Waals surface area contributed by atoms with E-state index >= 15 is 0 Å². The van der Waals surface area contributed by atoms with Gasteiger partial charge in [0.05, 0.1) is 8.95 Å². The summed E-state index contributed by atoms with van der Waals surface area (Å²) >= 11 is 7.18. The van der Waals surface area contributed by atoms with Gasteiger partial charge in [-0.15, -0.1) is 0 Å². The average molecular weight is 629 g/mol.